The maximum Gasteiger partial charge on any atom is 0.140 e. The van der Waals surface area contributed by atoms with Crippen molar-refractivity contribution >= 4 is 37.7 Å². The van der Waals surface area contributed by atoms with E-state index in [-0.39, 0.29) is 0 Å². The fourth-order valence-electron chi connectivity index (χ4n) is 1.80. The van der Waals surface area contributed by atoms with Gasteiger partial charge in [0.25, 0.3) is 0 Å². The first kappa shape index (κ1) is 11.4. The summed E-state index contributed by atoms with van der Waals surface area (Å²) in [7, 11) is 0. The third kappa shape index (κ3) is 2.72. The van der Waals surface area contributed by atoms with Crippen LogP contribution in [-0.4, -0.2) is 11.5 Å². The normalized spacial score (nSPS) is 18.3. The molecule has 0 aliphatic heterocycles. The van der Waals surface area contributed by atoms with E-state index in [4.69, 9.17) is 0 Å². The number of nitrogens with zero attached hydrogens (tertiary/aromatic N) is 1. The number of hydrogen-bond donors (Lipinski definition) is 1. The first-order chi connectivity index (χ1) is 7.09. The van der Waals surface area contributed by atoms with Crippen molar-refractivity contribution in [2.45, 2.75) is 26.2 Å². The van der Waals surface area contributed by atoms with Crippen LogP contribution in [0, 0.1) is 5.41 Å². The van der Waals surface area contributed by atoms with E-state index in [0.717, 1.165) is 21.3 Å². The molecule has 0 atom stereocenters. The van der Waals surface area contributed by atoms with Crippen molar-refractivity contribution < 1.29 is 0 Å². The molecule has 15 heavy (non-hydrogen) atoms. The number of hydrogen-bond acceptors (Lipinski definition) is 2. The highest BCUT2D eigenvalue weighted by molar-refractivity contribution is 9.11. The Bertz CT molecular complexity index is 362. The van der Waals surface area contributed by atoms with Gasteiger partial charge in [-0.3, -0.25) is 0 Å². The summed E-state index contributed by atoms with van der Waals surface area (Å²) in [6.07, 6.45) is 5.84. The fourth-order valence-corrected chi connectivity index (χ4v) is 2.93. The lowest BCUT2D eigenvalue weighted by Gasteiger charge is -2.38. The monoisotopic (exact) mass is 332 g/mol. The van der Waals surface area contributed by atoms with Gasteiger partial charge >= 0.3 is 0 Å². The van der Waals surface area contributed by atoms with Crippen molar-refractivity contribution in [1.82, 2.24) is 4.98 Å². The molecule has 1 N–H and O–H groups in total. The van der Waals surface area contributed by atoms with Gasteiger partial charge in [-0.15, -0.1) is 0 Å². The van der Waals surface area contributed by atoms with Gasteiger partial charge < -0.3 is 5.32 Å². The van der Waals surface area contributed by atoms with Crippen LogP contribution in [0.3, 0.4) is 0 Å². The van der Waals surface area contributed by atoms with Gasteiger partial charge in [-0.1, -0.05) is 13.3 Å². The van der Waals surface area contributed by atoms with Gasteiger partial charge in [0.1, 0.15) is 5.82 Å². The Balaban J connectivity index is 1.98. The first-order valence-electron chi connectivity index (χ1n) is 5.14. The van der Waals surface area contributed by atoms with Crippen LogP contribution in [-0.2, 0) is 0 Å². The Kier molecular flexibility index (Phi) is 3.36. The maximum absolute atomic E-state index is 4.33. The second-order valence-electron chi connectivity index (χ2n) is 4.50. The molecule has 1 aromatic heterocycles. The third-order valence-corrected chi connectivity index (χ3v) is 4.09. The van der Waals surface area contributed by atoms with Gasteiger partial charge in [0, 0.05) is 17.2 Å². The van der Waals surface area contributed by atoms with E-state index in [2.05, 4.69) is 49.1 Å². The standard InChI is InChI=1S/C11H14Br2N2/c1-11(3-2-4-11)7-15-10-9(13)5-8(12)6-14-10/h5-6H,2-4,7H2,1H3,(H,14,15). The van der Waals surface area contributed by atoms with Crippen LogP contribution in [0.4, 0.5) is 5.82 Å². The van der Waals surface area contributed by atoms with E-state index < -0.39 is 0 Å². The summed E-state index contributed by atoms with van der Waals surface area (Å²) >= 11 is 6.89. The van der Waals surface area contributed by atoms with Gasteiger partial charge in [-0.05, 0) is 56.2 Å². The minimum absolute atomic E-state index is 0.480. The first-order valence-corrected chi connectivity index (χ1v) is 6.73. The molecule has 1 aromatic rings. The molecule has 1 aliphatic rings. The van der Waals surface area contributed by atoms with Gasteiger partial charge in [0.15, 0.2) is 0 Å². The summed E-state index contributed by atoms with van der Waals surface area (Å²) in [6.45, 7) is 3.34. The zero-order chi connectivity index (χ0) is 10.9. The Labute approximate surface area is 107 Å². The van der Waals surface area contributed by atoms with Crippen molar-refractivity contribution in [3.05, 3.63) is 21.2 Å². The largest absolute Gasteiger partial charge is 0.369 e. The van der Waals surface area contributed by atoms with Crippen LogP contribution in [0.15, 0.2) is 21.2 Å². The summed E-state index contributed by atoms with van der Waals surface area (Å²) < 4.78 is 2.01. The summed E-state index contributed by atoms with van der Waals surface area (Å²) in [4.78, 5) is 4.33. The molecule has 0 saturated heterocycles. The van der Waals surface area contributed by atoms with E-state index in [1.807, 2.05) is 12.3 Å². The molecule has 0 radical (unpaired) electrons. The molecule has 2 rings (SSSR count). The molecule has 82 valence electrons. The van der Waals surface area contributed by atoms with E-state index in [1.54, 1.807) is 0 Å². The van der Waals surface area contributed by atoms with Crippen molar-refractivity contribution in [1.29, 1.82) is 0 Å². The number of rotatable bonds is 3. The summed E-state index contributed by atoms with van der Waals surface area (Å²) in [5.41, 5.74) is 0.480. The fraction of sp³-hybridized carbons (Fsp3) is 0.545. The second-order valence-corrected chi connectivity index (χ2v) is 6.27. The zero-order valence-corrected chi connectivity index (χ0v) is 11.9. The SMILES string of the molecule is CC1(CNc2ncc(Br)cc2Br)CCC1. The molecule has 1 fully saturated rings. The quantitative estimate of drug-likeness (QED) is 0.896. The molecule has 0 bridgehead atoms. The third-order valence-electron chi connectivity index (χ3n) is 3.05. The maximum atomic E-state index is 4.33. The minimum atomic E-state index is 0.480. The molecular weight excluding hydrogens is 320 g/mol. The number of pyridine rings is 1. The molecule has 1 heterocycles. The van der Waals surface area contributed by atoms with Gasteiger partial charge in [-0.25, -0.2) is 4.98 Å². The minimum Gasteiger partial charge on any atom is -0.369 e. The number of nitrogens with one attached hydrogen (secondary N) is 1. The van der Waals surface area contributed by atoms with Crippen LogP contribution in [0.1, 0.15) is 26.2 Å². The molecule has 4 heteroatoms. The van der Waals surface area contributed by atoms with E-state index in [0.29, 0.717) is 5.41 Å². The van der Waals surface area contributed by atoms with E-state index >= 15 is 0 Å². The number of halogens is 2. The van der Waals surface area contributed by atoms with E-state index in [1.165, 1.54) is 19.3 Å². The summed E-state index contributed by atoms with van der Waals surface area (Å²) in [6, 6.07) is 2.01. The van der Waals surface area contributed by atoms with Crippen LogP contribution in [0.5, 0.6) is 0 Å². The van der Waals surface area contributed by atoms with Gasteiger partial charge in [0.2, 0.25) is 0 Å². The topological polar surface area (TPSA) is 24.9 Å². The molecule has 0 amide bonds. The average Bonchev–Trinajstić information content (AvgIpc) is 2.14. The van der Waals surface area contributed by atoms with Crippen molar-refractivity contribution in [2.24, 2.45) is 5.41 Å². The van der Waals surface area contributed by atoms with Crippen LogP contribution in [0.2, 0.25) is 0 Å². The molecule has 0 unspecified atom stereocenters. The Morgan fingerprint density at radius 1 is 1.47 bits per heavy atom. The number of anilines is 1. The predicted molar refractivity (Wildman–Crippen MR) is 70.1 cm³/mol. The highest BCUT2D eigenvalue weighted by Crippen LogP contribution is 2.40. The molecule has 1 aliphatic carbocycles. The summed E-state index contributed by atoms with van der Waals surface area (Å²) in [5.74, 6) is 0.936. The van der Waals surface area contributed by atoms with Crippen molar-refractivity contribution in [3.63, 3.8) is 0 Å². The van der Waals surface area contributed by atoms with Gasteiger partial charge in [-0.2, -0.15) is 0 Å². The van der Waals surface area contributed by atoms with Crippen LogP contribution < -0.4 is 5.32 Å². The summed E-state index contributed by atoms with van der Waals surface area (Å²) in [5, 5.41) is 3.40. The van der Waals surface area contributed by atoms with Gasteiger partial charge in [0.05, 0.1) is 4.47 Å². The van der Waals surface area contributed by atoms with E-state index in [9.17, 15) is 0 Å². The Morgan fingerprint density at radius 2 is 2.20 bits per heavy atom. The highest BCUT2D eigenvalue weighted by atomic mass is 79.9. The lowest BCUT2D eigenvalue weighted by Crippen LogP contribution is -2.33. The molecule has 0 spiro atoms. The van der Waals surface area contributed by atoms with Crippen LogP contribution in [0.25, 0.3) is 0 Å². The lowest BCUT2D eigenvalue weighted by molar-refractivity contribution is 0.180. The average molecular weight is 334 g/mol. The van der Waals surface area contributed by atoms with Crippen LogP contribution >= 0.6 is 31.9 Å². The predicted octanol–water partition coefficient (Wildman–Crippen LogP) is 4.21. The van der Waals surface area contributed by atoms with Crippen molar-refractivity contribution in [2.75, 3.05) is 11.9 Å². The molecular formula is C11H14Br2N2. The Hall–Kier alpha value is -0.0900. The highest BCUT2D eigenvalue weighted by Gasteiger charge is 2.31. The smallest absolute Gasteiger partial charge is 0.140 e. The number of aromatic nitrogens is 1. The zero-order valence-electron chi connectivity index (χ0n) is 8.69. The molecule has 1 saturated carbocycles. The lowest BCUT2D eigenvalue weighted by atomic mass is 9.70. The molecule has 2 nitrogen and oxygen atoms in total. The second kappa shape index (κ2) is 4.42. The molecule has 0 aromatic carbocycles. The van der Waals surface area contributed by atoms with Crippen molar-refractivity contribution in [3.8, 4) is 0 Å². The Morgan fingerprint density at radius 3 is 2.73 bits per heavy atom.